The third-order valence-corrected chi connectivity index (χ3v) is 7.06. The Kier molecular flexibility index (Phi) is 5.73. The molecule has 1 amide bonds. The molecule has 11 heteroatoms. The predicted octanol–water partition coefficient (Wildman–Crippen LogP) is 3.75. The van der Waals surface area contributed by atoms with Crippen molar-refractivity contribution in [1.82, 2.24) is 0 Å². The molecule has 1 aliphatic rings. The zero-order chi connectivity index (χ0) is 23.8. The summed E-state index contributed by atoms with van der Waals surface area (Å²) < 4.78 is 46.7. The van der Waals surface area contributed by atoms with E-state index in [0.29, 0.717) is 12.1 Å². The van der Waals surface area contributed by atoms with Crippen molar-refractivity contribution in [3.8, 4) is 5.75 Å². The molecular formula is C22H18FN3O6S. The third-order valence-electron chi connectivity index (χ3n) is 5.25. The van der Waals surface area contributed by atoms with Gasteiger partial charge in [0.05, 0.1) is 28.2 Å². The lowest BCUT2D eigenvalue weighted by molar-refractivity contribution is -0.387. The summed E-state index contributed by atoms with van der Waals surface area (Å²) >= 11 is 0. The van der Waals surface area contributed by atoms with Crippen LogP contribution < -0.4 is 14.4 Å². The molecule has 0 bridgehead atoms. The van der Waals surface area contributed by atoms with E-state index in [-0.39, 0.29) is 28.4 Å². The Morgan fingerprint density at radius 2 is 1.91 bits per heavy atom. The summed E-state index contributed by atoms with van der Waals surface area (Å²) in [6, 6.07) is 13.9. The number of benzene rings is 3. The number of amides is 1. The molecule has 33 heavy (non-hydrogen) atoms. The van der Waals surface area contributed by atoms with Crippen LogP contribution in [0, 0.1) is 15.9 Å². The number of ether oxygens (including phenoxy) is 1. The number of para-hydroxylation sites is 1. The topological polar surface area (TPSA) is 119 Å². The molecule has 0 radical (unpaired) electrons. The van der Waals surface area contributed by atoms with Crippen molar-refractivity contribution >= 4 is 33.0 Å². The fourth-order valence-electron chi connectivity index (χ4n) is 3.64. The monoisotopic (exact) mass is 471 g/mol. The fraction of sp³-hybridized carbons (Fsp3) is 0.136. The largest absolute Gasteiger partial charge is 0.496 e. The van der Waals surface area contributed by atoms with Gasteiger partial charge in [0.2, 0.25) is 5.82 Å². The van der Waals surface area contributed by atoms with Crippen LogP contribution in [0.4, 0.5) is 21.5 Å². The minimum atomic E-state index is -3.97. The van der Waals surface area contributed by atoms with E-state index in [1.54, 1.807) is 12.1 Å². The number of nitro groups is 1. The molecule has 0 atom stereocenters. The number of anilines is 2. The van der Waals surface area contributed by atoms with Crippen molar-refractivity contribution in [3.05, 3.63) is 87.7 Å². The highest BCUT2D eigenvalue weighted by atomic mass is 32.2. The van der Waals surface area contributed by atoms with Gasteiger partial charge < -0.3 is 10.1 Å². The summed E-state index contributed by atoms with van der Waals surface area (Å²) in [5.74, 6) is -1.72. The van der Waals surface area contributed by atoms with Crippen molar-refractivity contribution < 1.29 is 27.3 Å². The number of rotatable bonds is 6. The lowest BCUT2D eigenvalue weighted by Gasteiger charge is -2.20. The standard InChI is InChI=1S/C22H18FN3O6S/c1-32-21-9-7-16(33(30,31)25-11-10-14-4-2-3-5-19(14)25)13-17(21)22(27)24-15-6-8-18(23)20(12-15)26(28)29/h2-9,12-13H,10-11H2,1H3,(H,24,27). The van der Waals surface area contributed by atoms with Crippen LogP contribution in [0.3, 0.4) is 0 Å². The Morgan fingerprint density at radius 1 is 1.15 bits per heavy atom. The maximum Gasteiger partial charge on any atom is 0.306 e. The minimum Gasteiger partial charge on any atom is -0.496 e. The lowest BCUT2D eigenvalue weighted by atomic mass is 10.1. The summed E-state index contributed by atoms with van der Waals surface area (Å²) in [6.45, 7) is 0.272. The van der Waals surface area contributed by atoms with Crippen LogP contribution in [0.1, 0.15) is 15.9 Å². The Hall–Kier alpha value is -3.99. The average molecular weight is 471 g/mol. The molecule has 3 aromatic carbocycles. The summed E-state index contributed by atoms with van der Waals surface area (Å²) in [6.07, 6.45) is 0.572. The molecule has 0 aliphatic carbocycles. The van der Waals surface area contributed by atoms with Gasteiger partial charge in [0.15, 0.2) is 0 Å². The normalized spacial score (nSPS) is 12.8. The van der Waals surface area contributed by atoms with E-state index in [1.807, 2.05) is 12.1 Å². The second-order valence-corrected chi connectivity index (χ2v) is 9.06. The van der Waals surface area contributed by atoms with E-state index in [0.717, 1.165) is 23.8 Å². The molecule has 9 nitrogen and oxygen atoms in total. The smallest absolute Gasteiger partial charge is 0.306 e. The number of nitro benzene ring substituents is 1. The first-order valence-electron chi connectivity index (χ1n) is 9.76. The number of nitrogens with one attached hydrogen (secondary N) is 1. The molecular weight excluding hydrogens is 453 g/mol. The van der Waals surface area contributed by atoms with Crippen LogP contribution in [-0.4, -0.2) is 32.9 Å². The number of sulfonamides is 1. The number of methoxy groups -OCH3 is 1. The second kappa shape index (κ2) is 8.51. The number of nitrogens with zero attached hydrogens (tertiary/aromatic N) is 2. The second-order valence-electron chi connectivity index (χ2n) is 7.20. The Balaban J connectivity index is 1.68. The van der Waals surface area contributed by atoms with Crippen molar-refractivity contribution in [2.75, 3.05) is 23.3 Å². The van der Waals surface area contributed by atoms with Gasteiger partial charge in [-0.05, 0) is 48.4 Å². The Morgan fingerprint density at radius 3 is 2.64 bits per heavy atom. The maximum absolute atomic E-state index is 13.6. The molecule has 0 spiro atoms. The van der Waals surface area contributed by atoms with E-state index >= 15 is 0 Å². The van der Waals surface area contributed by atoms with E-state index in [4.69, 9.17) is 4.74 Å². The number of halogens is 1. The van der Waals surface area contributed by atoms with Crippen molar-refractivity contribution in [1.29, 1.82) is 0 Å². The van der Waals surface area contributed by atoms with E-state index in [1.165, 1.54) is 29.6 Å². The molecule has 0 unspecified atom stereocenters. The van der Waals surface area contributed by atoms with Gasteiger partial charge in [0, 0.05) is 18.3 Å². The van der Waals surface area contributed by atoms with Gasteiger partial charge in [-0.2, -0.15) is 4.39 Å². The number of hydrogen-bond acceptors (Lipinski definition) is 6. The number of carbonyl (C=O) groups is 1. The van der Waals surface area contributed by atoms with Crippen molar-refractivity contribution in [2.45, 2.75) is 11.3 Å². The van der Waals surface area contributed by atoms with Crippen LogP contribution in [-0.2, 0) is 16.4 Å². The first-order chi connectivity index (χ1) is 15.7. The highest BCUT2D eigenvalue weighted by molar-refractivity contribution is 7.92. The Bertz CT molecular complexity index is 1380. The summed E-state index contributed by atoms with van der Waals surface area (Å²) in [4.78, 5) is 22.8. The van der Waals surface area contributed by atoms with E-state index in [9.17, 15) is 27.7 Å². The molecule has 0 aromatic heterocycles. The SMILES string of the molecule is COc1ccc(S(=O)(=O)N2CCc3ccccc32)cc1C(=O)Nc1ccc(F)c([N+](=O)[O-])c1. The molecule has 0 saturated carbocycles. The highest BCUT2D eigenvalue weighted by Crippen LogP contribution is 2.34. The molecule has 0 saturated heterocycles. The number of hydrogen-bond donors (Lipinski definition) is 1. The van der Waals surface area contributed by atoms with Crippen LogP contribution >= 0.6 is 0 Å². The van der Waals surface area contributed by atoms with Crippen LogP contribution in [0.15, 0.2) is 65.6 Å². The number of carbonyl (C=O) groups excluding carboxylic acids is 1. The highest BCUT2D eigenvalue weighted by Gasteiger charge is 2.31. The number of fused-ring (bicyclic) bond motifs is 1. The first-order valence-corrected chi connectivity index (χ1v) is 11.2. The van der Waals surface area contributed by atoms with E-state index < -0.39 is 32.4 Å². The van der Waals surface area contributed by atoms with Gasteiger partial charge in [-0.25, -0.2) is 8.42 Å². The molecule has 4 rings (SSSR count). The van der Waals surface area contributed by atoms with Gasteiger partial charge in [-0.3, -0.25) is 19.2 Å². The maximum atomic E-state index is 13.6. The predicted molar refractivity (Wildman–Crippen MR) is 119 cm³/mol. The van der Waals surface area contributed by atoms with Crippen molar-refractivity contribution in [3.63, 3.8) is 0 Å². The van der Waals surface area contributed by atoms with E-state index in [2.05, 4.69) is 5.32 Å². The summed E-state index contributed by atoms with van der Waals surface area (Å²) in [5, 5.41) is 13.4. The van der Waals surface area contributed by atoms with Gasteiger partial charge in [-0.15, -0.1) is 0 Å². The van der Waals surface area contributed by atoms with Crippen LogP contribution in [0.2, 0.25) is 0 Å². The van der Waals surface area contributed by atoms with Crippen LogP contribution in [0.25, 0.3) is 0 Å². The molecule has 1 heterocycles. The molecule has 3 aromatic rings. The minimum absolute atomic E-state index is 0.0307. The summed E-state index contributed by atoms with van der Waals surface area (Å²) in [5.41, 5.74) is 0.558. The van der Waals surface area contributed by atoms with Gasteiger partial charge in [-0.1, -0.05) is 18.2 Å². The lowest BCUT2D eigenvalue weighted by Crippen LogP contribution is -2.29. The fourth-order valence-corrected chi connectivity index (χ4v) is 5.17. The average Bonchev–Trinajstić information content (AvgIpc) is 3.24. The first kappa shape index (κ1) is 22.2. The zero-order valence-electron chi connectivity index (χ0n) is 17.3. The van der Waals surface area contributed by atoms with Crippen molar-refractivity contribution in [2.24, 2.45) is 0 Å². The quantitative estimate of drug-likeness (QED) is 0.432. The third kappa shape index (κ3) is 4.10. The van der Waals surface area contributed by atoms with Gasteiger partial charge >= 0.3 is 5.69 Å². The summed E-state index contributed by atoms with van der Waals surface area (Å²) in [7, 11) is -2.65. The van der Waals surface area contributed by atoms with Gasteiger partial charge in [0.25, 0.3) is 15.9 Å². The van der Waals surface area contributed by atoms with Gasteiger partial charge in [0.1, 0.15) is 5.75 Å². The molecule has 1 aliphatic heterocycles. The molecule has 170 valence electrons. The van der Waals surface area contributed by atoms with Crippen LogP contribution in [0.5, 0.6) is 5.75 Å². The Labute approximate surface area is 188 Å². The zero-order valence-corrected chi connectivity index (χ0v) is 18.1. The molecule has 0 fully saturated rings. The molecule has 1 N–H and O–H groups in total.